The molecule has 0 amide bonds. The highest BCUT2D eigenvalue weighted by Gasteiger charge is 2.09. The van der Waals surface area contributed by atoms with Crippen LogP contribution < -0.4 is 0 Å². The number of nitrogens with zero attached hydrogens (tertiary/aromatic N) is 1. The highest BCUT2D eigenvalue weighted by Crippen LogP contribution is 2.14. The van der Waals surface area contributed by atoms with Gasteiger partial charge in [-0.15, -0.1) is 0 Å². The Balaban J connectivity index is 2.20. The average Bonchev–Trinajstić information content (AvgIpc) is 2.29. The number of Topliss-reactive ketones (excluding diaryl/α,β-unsaturated/α-hetero) is 1. The maximum atomic E-state index is 12.1. The fourth-order valence-electron chi connectivity index (χ4n) is 1.72. The van der Waals surface area contributed by atoms with E-state index < -0.39 is 0 Å². The van der Waals surface area contributed by atoms with Crippen LogP contribution in [0.2, 0.25) is 0 Å². The summed E-state index contributed by atoms with van der Waals surface area (Å²) in [5.41, 5.74) is 2.72. The molecule has 0 fully saturated rings. The molecule has 3 heteroatoms. The van der Waals surface area contributed by atoms with Crippen molar-refractivity contribution in [1.82, 2.24) is 4.98 Å². The van der Waals surface area contributed by atoms with Gasteiger partial charge in [0.1, 0.15) is 0 Å². The highest BCUT2D eigenvalue weighted by molar-refractivity contribution is 9.10. The molecule has 0 atom stereocenters. The Morgan fingerprint density at radius 1 is 1.29 bits per heavy atom. The van der Waals surface area contributed by atoms with Crippen LogP contribution in [0, 0.1) is 6.92 Å². The van der Waals surface area contributed by atoms with Gasteiger partial charge in [0.15, 0.2) is 5.78 Å². The SMILES string of the molecule is Cc1ccccc1C(=O)Cc1cncc(Br)c1. The minimum atomic E-state index is 0.128. The molecular formula is C14H12BrNO. The van der Waals surface area contributed by atoms with E-state index in [-0.39, 0.29) is 5.78 Å². The van der Waals surface area contributed by atoms with Crippen LogP contribution in [0.5, 0.6) is 0 Å². The number of aryl methyl sites for hydroxylation is 1. The van der Waals surface area contributed by atoms with Crippen molar-refractivity contribution in [1.29, 1.82) is 0 Å². The zero-order chi connectivity index (χ0) is 12.3. The Hall–Kier alpha value is -1.48. The van der Waals surface area contributed by atoms with Gasteiger partial charge in [-0.2, -0.15) is 0 Å². The summed E-state index contributed by atoms with van der Waals surface area (Å²) in [6, 6.07) is 9.56. The maximum absolute atomic E-state index is 12.1. The number of hydrogen-bond donors (Lipinski definition) is 0. The fourth-order valence-corrected chi connectivity index (χ4v) is 2.13. The lowest BCUT2D eigenvalue weighted by molar-refractivity contribution is 0.0992. The molecule has 0 bridgehead atoms. The van der Waals surface area contributed by atoms with Crippen LogP contribution in [-0.4, -0.2) is 10.8 Å². The number of carbonyl (C=O) groups is 1. The summed E-state index contributed by atoms with van der Waals surface area (Å²) in [6.07, 6.45) is 3.82. The molecule has 0 aliphatic rings. The van der Waals surface area contributed by atoms with E-state index in [1.165, 1.54) is 0 Å². The largest absolute Gasteiger partial charge is 0.294 e. The van der Waals surface area contributed by atoms with Gasteiger partial charge >= 0.3 is 0 Å². The van der Waals surface area contributed by atoms with E-state index in [2.05, 4.69) is 20.9 Å². The Kier molecular flexibility index (Phi) is 3.69. The second-order valence-electron chi connectivity index (χ2n) is 3.93. The second kappa shape index (κ2) is 5.23. The number of ketones is 1. The summed E-state index contributed by atoms with van der Waals surface area (Å²) in [5.74, 6) is 0.128. The molecule has 1 aromatic carbocycles. The first kappa shape index (κ1) is 12.0. The monoisotopic (exact) mass is 289 g/mol. The summed E-state index contributed by atoms with van der Waals surface area (Å²) >= 11 is 3.35. The Morgan fingerprint density at radius 3 is 2.76 bits per heavy atom. The second-order valence-corrected chi connectivity index (χ2v) is 4.84. The predicted octanol–water partition coefficient (Wildman–Crippen LogP) is 3.58. The van der Waals surface area contributed by atoms with Gasteiger partial charge in [0.05, 0.1) is 0 Å². The van der Waals surface area contributed by atoms with Crippen LogP contribution in [0.3, 0.4) is 0 Å². The lowest BCUT2D eigenvalue weighted by Gasteiger charge is -2.04. The summed E-state index contributed by atoms with van der Waals surface area (Å²) in [4.78, 5) is 16.2. The molecule has 1 aromatic heterocycles. The van der Waals surface area contributed by atoms with E-state index in [1.807, 2.05) is 37.3 Å². The molecule has 17 heavy (non-hydrogen) atoms. The number of pyridine rings is 1. The van der Waals surface area contributed by atoms with E-state index in [9.17, 15) is 4.79 Å². The lowest BCUT2D eigenvalue weighted by atomic mass is 10.0. The van der Waals surface area contributed by atoms with Gasteiger partial charge in [-0.3, -0.25) is 9.78 Å². The van der Waals surface area contributed by atoms with E-state index in [0.717, 1.165) is 21.2 Å². The molecule has 2 nitrogen and oxygen atoms in total. The van der Waals surface area contributed by atoms with Gasteiger partial charge in [0, 0.05) is 28.9 Å². The van der Waals surface area contributed by atoms with Crippen molar-refractivity contribution in [3.8, 4) is 0 Å². The zero-order valence-corrected chi connectivity index (χ0v) is 11.1. The van der Waals surface area contributed by atoms with Gasteiger partial charge in [-0.05, 0) is 40.0 Å². The number of benzene rings is 1. The van der Waals surface area contributed by atoms with Crippen molar-refractivity contribution in [2.45, 2.75) is 13.3 Å². The standard InChI is InChI=1S/C14H12BrNO/c1-10-4-2-3-5-13(10)14(17)7-11-6-12(15)9-16-8-11/h2-6,8-9H,7H2,1H3. The summed E-state index contributed by atoms with van der Waals surface area (Å²) in [7, 11) is 0. The fraction of sp³-hybridized carbons (Fsp3) is 0.143. The first-order valence-corrected chi connectivity index (χ1v) is 6.14. The number of aromatic nitrogens is 1. The van der Waals surface area contributed by atoms with Crippen LogP contribution >= 0.6 is 15.9 Å². The molecule has 0 radical (unpaired) electrons. The molecule has 0 N–H and O–H groups in total. The lowest BCUT2D eigenvalue weighted by Crippen LogP contribution is -2.05. The minimum absolute atomic E-state index is 0.128. The van der Waals surface area contributed by atoms with Gasteiger partial charge in [0.2, 0.25) is 0 Å². The van der Waals surface area contributed by atoms with E-state index >= 15 is 0 Å². The van der Waals surface area contributed by atoms with Crippen molar-refractivity contribution in [2.24, 2.45) is 0 Å². The topological polar surface area (TPSA) is 30.0 Å². The van der Waals surface area contributed by atoms with Crippen LogP contribution in [-0.2, 0) is 6.42 Å². The first-order valence-electron chi connectivity index (χ1n) is 5.35. The molecule has 2 aromatic rings. The van der Waals surface area contributed by atoms with Gasteiger partial charge in [0.25, 0.3) is 0 Å². The van der Waals surface area contributed by atoms with Crippen molar-refractivity contribution in [3.63, 3.8) is 0 Å². The maximum Gasteiger partial charge on any atom is 0.167 e. The third kappa shape index (κ3) is 3.01. The number of carbonyl (C=O) groups excluding carboxylic acids is 1. The quantitative estimate of drug-likeness (QED) is 0.809. The summed E-state index contributed by atoms with van der Waals surface area (Å²) < 4.78 is 0.896. The molecule has 0 aliphatic heterocycles. The Morgan fingerprint density at radius 2 is 2.06 bits per heavy atom. The third-order valence-electron chi connectivity index (χ3n) is 2.57. The van der Waals surface area contributed by atoms with Crippen molar-refractivity contribution >= 4 is 21.7 Å². The van der Waals surface area contributed by atoms with Gasteiger partial charge in [-0.25, -0.2) is 0 Å². The molecule has 0 saturated carbocycles. The van der Waals surface area contributed by atoms with E-state index in [0.29, 0.717) is 6.42 Å². The molecule has 0 aliphatic carbocycles. The number of hydrogen-bond acceptors (Lipinski definition) is 2. The Bertz CT molecular complexity index is 551. The van der Waals surface area contributed by atoms with Crippen molar-refractivity contribution in [3.05, 3.63) is 63.9 Å². The average molecular weight is 290 g/mol. The molecule has 86 valence electrons. The molecule has 2 rings (SSSR count). The van der Waals surface area contributed by atoms with Crippen LogP contribution in [0.1, 0.15) is 21.5 Å². The minimum Gasteiger partial charge on any atom is -0.294 e. The highest BCUT2D eigenvalue weighted by atomic mass is 79.9. The normalized spacial score (nSPS) is 10.2. The van der Waals surface area contributed by atoms with Gasteiger partial charge in [-0.1, -0.05) is 24.3 Å². The Labute approximate surface area is 109 Å². The molecule has 0 saturated heterocycles. The zero-order valence-electron chi connectivity index (χ0n) is 9.48. The molecule has 0 unspecified atom stereocenters. The van der Waals surface area contributed by atoms with Crippen LogP contribution in [0.25, 0.3) is 0 Å². The number of rotatable bonds is 3. The van der Waals surface area contributed by atoms with Crippen molar-refractivity contribution < 1.29 is 4.79 Å². The molecule has 1 heterocycles. The van der Waals surface area contributed by atoms with Crippen LogP contribution in [0.4, 0.5) is 0 Å². The molecular weight excluding hydrogens is 278 g/mol. The van der Waals surface area contributed by atoms with E-state index in [4.69, 9.17) is 0 Å². The van der Waals surface area contributed by atoms with Crippen LogP contribution in [0.15, 0.2) is 47.2 Å². The number of halogens is 1. The first-order chi connectivity index (χ1) is 8.16. The summed E-state index contributed by atoms with van der Waals surface area (Å²) in [6.45, 7) is 1.95. The third-order valence-corrected chi connectivity index (χ3v) is 3.01. The smallest absolute Gasteiger partial charge is 0.167 e. The molecule has 0 spiro atoms. The van der Waals surface area contributed by atoms with Gasteiger partial charge < -0.3 is 0 Å². The van der Waals surface area contributed by atoms with E-state index in [1.54, 1.807) is 12.4 Å². The van der Waals surface area contributed by atoms with Crippen molar-refractivity contribution in [2.75, 3.05) is 0 Å². The predicted molar refractivity (Wildman–Crippen MR) is 71.2 cm³/mol. The summed E-state index contributed by atoms with van der Waals surface area (Å²) in [5, 5.41) is 0.